The Labute approximate surface area is 125 Å². The highest BCUT2D eigenvalue weighted by molar-refractivity contribution is 7.92. The van der Waals surface area contributed by atoms with Crippen LogP contribution in [0.1, 0.15) is 12.5 Å². The number of nitrogens with one attached hydrogen (secondary N) is 1. The van der Waals surface area contributed by atoms with Gasteiger partial charge in [0, 0.05) is 0 Å². The van der Waals surface area contributed by atoms with Gasteiger partial charge in [0.05, 0.1) is 18.0 Å². The average molecular weight is 305 g/mol. The van der Waals surface area contributed by atoms with Crippen molar-refractivity contribution in [2.75, 3.05) is 17.1 Å². The smallest absolute Gasteiger partial charge is 0.233 e. The summed E-state index contributed by atoms with van der Waals surface area (Å²) >= 11 is 0. The average Bonchev–Trinajstić information content (AvgIpc) is 2.48. The lowest BCUT2D eigenvalue weighted by Gasteiger charge is -2.12. The summed E-state index contributed by atoms with van der Waals surface area (Å²) in [6.07, 6.45) is 0.479. The second-order valence-electron chi connectivity index (χ2n) is 4.59. The molecule has 112 valence electrons. The number of sulfonamides is 1. The van der Waals surface area contributed by atoms with Crippen LogP contribution in [0.4, 0.5) is 5.69 Å². The Morgan fingerprint density at radius 2 is 1.67 bits per heavy atom. The van der Waals surface area contributed by atoms with E-state index in [1.165, 1.54) is 0 Å². The summed E-state index contributed by atoms with van der Waals surface area (Å²) in [4.78, 5) is 0. The van der Waals surface area contributed by atoms with Crippen molar-refractivity contribution in [2.24, 2.45) is 0 Å². The highest BCUT2D eigenvalue weighted by Crippen LogP contribution is 2.24. The molecule has 0 aliphatic heterocycles. The van der Waals surface area contributed by atoms with Crippen LogP contribution >= 0.6 is 0 Å². The van der Waals surface area contributed by atoms with E-state index in [-0.39, 0.29) is 5.75 Å². The Morgan fingerprint density at radius 3 is 2.38 bits per heavy atom. The molecule has 0 saturated carbocycles. The molecule has 5 heteroatoms. The summed E-state index contributed by atoms with van der Waals surface area (Å²) < 4.78 is 32.3. The molecule has 4 nitrogen and oxygen atoms in total. The number of rotatable bonds is 7. The third kappa shape index (κ3) is 4.79. The SMILES string of the molecule is CCOc1ccccc1NS(=O)(=O)CCc1ccccc1. The van der Waals surface area contributed by atoms with Crippen LogP contribution in [0.2, 0.25) is 0 Å². The van der Waals surface area contributed by atoms with Crippen molar-refractivity contribution in [2.45, 2.75) is 13.3 Å². The Kier molecular flexibility index (Phi) is 5.22. The van der Waals surface area contributed by atoms with Crippen LogP contribution < -0.4 is 9.46 Å². The molecule has 0 saturated heterocycles. The zero-order valence-corrected chi connectivity index (χ0v) is 12.8. The molecule has 0 atom stereocenters. The van der Waals surface area contributed by atoms with Crippen molar-refractivity contribution in [3.8, 4) is 5.75 Å². The molecular weight excluding hydrogens is 286 g/mol. The van der Waals surface area contributed by atoms with E-state index in [1.54, 1.807) is 18.2 Å². The van der Waals surface area contributed by atoms with E-state index in [4.69, 9.17) is 4.74 Å². The zero-order valence-electron chi connectivity index (χ0n) is 12.0. The van der Waals surface area contributed by atoms with Gasteiger partial charge in [0.25, 0.3) is 0 Å². The van der Waals surface area contributed by atoms with Crippen LogP contribution in [0.3, 0.4) is 0 Å². The molecule has 0 spiro atoms. The minimum Gasteiger partial charge on any atom is -0.492 e. The Morgan fingerprint density at radius 1 is 1.00 bits per heavy atom. The Bertz CT molecular complexity index is 669. The van der Waals surface area contributed by atoms with Crippen LogP contribution in [0.5, 0.6) is 5.75 Å². The maximum absolute atomic E-state index is 12.2. The summed E-state index contributed by atoms with van der Waals surface area (Å²) in [5, 5.41) is 0. The van der Waals surface area contributed by atoms with Gasteiger partial charge >= 0.3 is 0 Å². The molecule has 1 N–H and O–H groups in total. The fourth-order valence-corrected chi connectivity index (χ4v) is 3.06. The van der Waals surface area contributed by atoms with Crippen molar-refractivity contribution in [3.05, 3.63) is 60.2 Å². The molecule has 0 amide bonds. The van der Waals surface area contributed by atoms with E-state index in [2.05, 4.69) is 4.72 Å². The number of anilines is 1. The first-order valence-corrected chi connectivity index (χ1v) is 8.52. The quantitative estimate of drug-likeness (QED) is 0.855. The molecule has 0 heterocycles. The molecule has 0 aliphatic carbocycles. The van der Waals surface area contributed by atoms with Crippen LogP contribution in [0.15, 0.2) is 54.6 Å². The number of hydrogen-bond acceptors (Lipinski definition) is 3. The predicted octanol–water partition coefficient (Wildman–Crippen LogP) is 3.07. The summed E-state index contributed by atoms with van der Waals surface area (Å²) in [5.41, 5.74) is 1.48. The molecule has 0 aliphatic rings. The first-order valence-electron chi connectivity index (χ1n) is 6.87. The van der Waals surface area contributed by atoms with Crippen molar-refractivity contribution in [1.29, 1.82) is 0 Å². The molecule has 0 fully saturated rings. The van der Waals surface area contributed by atoms with E-state index >= 15 is 0 Å². The minimum absolute atomic E-state index is 0.0392. The van der Waals surface area contributed by atoms with Crippen molar-refractivity contribution in [1.82, 2.24) is 0 Å². The Balaban J connectivity index is 2.04. The maximum atomic E-state index is 12.2. The normalized spacial score (nSPS) is 11.1. The highest BCUT2D eigenvalue weighted by Gasteiger charge is 2.13. The molecule has 2 aromatic carbocycles. The van der Waals surface area contributed by atoms with Gasteiger partial charge in [-0.2, -0.15) is 0 Å². The lowest BCUT2D eigenvalue weighted by molar-refractivity contribution is 0.342. The molecule has 2 aromatic rings. The second kappa shape index (κ2) is 7.13. The number of ether oxygens (including phenoxy) is 1. The van der Waals surface area contributed by atoms with Crippen LogP contribution in [-0.2, 0) is 16.4 Å². The van der Waals surface area contributed by atoms with Gasteiger partial charge in [-0.25, -0.2) is 8.42 Å². The van der Waals surface area contributed by atoms with Crippen LogP contribution in [-0.4, -0.2) is 20.8 Å². The number of para-hydroxylation sites is 2. The fourth-order valence-electron chi connectivity index (χ4n) is 1.95. The van der Waals surface area contributed by atoms with Crippen LogP contribution in [0.25, 0.3) is 0 Å². The van der Waals surface area contributed by atoms with Gasteiger partial charge in [0.2, 0.25) is 10.0 Å². The molecule has 2 rings (SSSR count). The number of benzene rings is 2. The van der Waals surface area contributed by atoms with E-state index in [1.807, 2.05) is 43.3 Å². The molecular formula is C16H19NO3S. The van der Waals surface area contributed by atoms with Crippen molar-refractivity contribution in [3.63, 3.8) is 0 Å². The maximum Gasteiger partial charge on any atom is 0.233 e. The molecule has 0 aromatic heterocycles. The number of aryl methyl sites for hydroxylation is 1. The molecule has 0 radical (unpaired) electrons. The van der Waals surface area contributed by atoms with Gasteiger partial charge in [-0.15, -0.1) is 0 Å². The summed E-state index contributed by atoms with van der Waals surface area (Å²) in [6.45, 7) is 2.35. The van der Waals surface area contributed by atoms with E-state index < -0.39 is 10.0 Å². The zero-order chi connectivity index (χ0) is 15.1. The summed E-state index contributed by atoms with van der Waals surface area (Å²) in [6, 6.07) is 16.6. The van der Waals surface area contributed by atoms with Gasteiger partial charge in [0.15, 0.2) is 0 Å². The van der Waals surface area contributed by atoms with Crippen molar-refractivity contribution >= 4 is 15.7 Å². The van der Waals surface area contributed by atoms with Gasteiger partial charge in [-0.1, -0.05) is 42.5 Å². The first kappa shape index (κ1) is 15.4. The van der Waals surface area contributed by atoms with E-state index in [0.717, 1.165) is 5.56 Å². The second-order valence-corrected chi connectivity index (χ2v) is 6.43. The molecule has 21 heavy (non-hydrogen) atoms. The lowest BCUT2D eigenvalue weighted by Crippen LogP contribution is -2.18. The highest BCUT2D eigenvalue weighted by atomic mass is 32.2. The minimum atomic E-state index is -3.40. The Hall–Kier alpha value is -2.01. The van der Waals surface area contributed by atoms with Gasteiger partial charge in [-0.3, -0.25) is 4.72 Å². The lowest BCUT2D eigenvalue weighted by atomic mass is 10.2. The van der Waals surface area contributed by atoms with Crippen molar-refractivity contribution < 1.29 is 13.2 Å². The predicted molar refractivity (Wildman–Crippen MR) is 85.2 cm³/mol. The fraction of sp³-hybridized carbons (Fsp3) is 0.250. The standard InChI is InChI=1S/C16H19NO3S/c1-2-20-16-11-7-6-10-15(16)17-21(18,19)13-12-14-8-4-3-5-9-14/h3-11,17H,2,12-13H2,1H3. The summed E-state index contributed by atoms with van der Waals surface area (Å²) in [5.74, 6) is 0.584. The topological polar surface area (TPSA) is 55.4 Å². The van der Waals surface area contributed by atoms with Crippen LogP contribution in [0, 0.1) is 0 Å². The van der Waals surface area contributed by atoms with Gasteiger partial charge in [-0.05, 0) is 31.0 Å². The monoisotopic (exact) mass is 305 g/mol. The molecule has 0 bridgehead atoms. The van der Waals surface area contributed by atoms with Gasteiger partial charge in [0.1, 0.15) is 5.75 Å². The van der Waals surface area contributed by atoms with E-state index in [9.17, 15) is 8.42 Å². The third-order valence-electron chi connectivity index (χ3n) is 2.95. The molecule has 0 unspecified atom stereocenters. The largest absolute Gasteiger partial charge is 0.492 e. The summed E-state index contributed by atoms with van der Waals surface area (Å²) in [7, 11) is -3.40. The van der Waals surface area contributed by atoms with E-state index in [0.29, 0.717) is 24.5 Å². The first-order chi connectivity index (χ1) is 10.1. The van der Waals surface area contributed by atoms with Gasteiger partial charge < -0.3 is 4.74 Å². The third-order valence-corrected chi connectivity index (χ3v) is 4.23. The number of hydrogen-bond donors (Lipinski definition) is 1.